The molecule has 0 bridgehead atoms. The molecule has 0 atom stereocenters. The van der Waals surface area contributed by atoms with Gasteiger partial charge < -0.3 is 24.8 Å². The topological polar surface area (TPSA) is 0 Å². The zero-order valence-corrected chi connectivity index (χ0v) is 36.4. The van der Waals surface area contributed by atoms with Gasteiger partial charge >= 0.3 is 41.9 Å². The Morgan fingerprint density at radius 3 is 1.37 bits per heavy atom. The summed E-state index contributed by atoms with van der Waals surface area (Å²) >= 11 is 1.74. The first-order chi connectivity index (χ1) is 22.1. The van der Waals surface area contributed by atoms with Crippen molar-refractivity contribution in [3.05, 3.63) is 131 Å². The van der Waals surface area contributed by atoms with Gasteiger partial charge in [0, 0.05) is 0 Å². The van der Waals surface area contributed by atoms with E-state index in [1.165, 1.54) is 66.1 Å². The van der Waals surface area contributed by atoms with Crippen molar-refractivity contribution in [2.45, 2.75) is 98.6 Å². The Bertz CT molecular complexity index is 1920. The van der Waals surface area contributed by atoms with Gasteiger partial charge in [-0.05, 0) is 45.4 Å². The first kappa shape index (κ1) is 42.9. The van der Waals surface area contributed by atoms with E-state index < -0.39 is 0 Å². The van der Waals surface area contributed by atoms with Crippen LogP contribution in [0.5, 0.6) is 0 Å². The maximum absolute atomic E-state index is 2.35. The first-order valence-electron chi connectivity index (χ1n) is 17.2. The van der Waals surface area contributed by atoms with Gasteiger partial charge in [-0.15, -0.1) is 69.1 Å². The minimum Gasteiger partial charge on any atom is -1.00 e. The molecule has 4 heteroatoms. The van der Waals surface area contributed by atoms with E-state index in [2.05, 4.69) is 185 Å². The number of hydrogen-bond acceptors (Lipinski definition) is 0. The Morgan fingerprint density at radius 1 is 0.612 bits per heavy atom. The molecule has 0 saturated carbocycles. The zero-order chi connectivity index (χ0) is 34.5. The summed E-state index contributed by atoms with van der Waals surface area (Å²) in [6, 6.07) is 40.6. The van der Waals surface area contributed by atoms with Crippen molar-refractivity contribution < 1.29 is 48.1 Å². The summed E-state index contributed by atoms with van der Waals surface area (Å²) in [4.78, 5) is 0. The molecular formula is C45H54Cl2SiZr-2. The predicted octanol–water partition coefficient (Wildman–Crippen LogP) is 7.52. The molecule has 0 unspecified atom stereocenters. The number of benzene rings is 4. The Labute approximate surface area is 325 Å². The van der Waals surface area contributed by atoms with Crippen LogP contribution in [-0.4, -0.2) is 5.43 Å². The van der Waals surface area contributed by atoms with Crippen LogP contribution < -0.4 is 24.8 Å². The van der Waals surface area contributed by atoms with E-state index in [0.29, 0.717) is 5.92 Å². The molecule has 0 saturated heterocycles. The monoisotopic (exact) mass is 782 g/mol. The summed E-state index contributed by atoms with van der Waals surface area (Å²) < 4.78 is 0. The maximum atomic E-state index is 2.35. The fourth-order valence-corrected chi connectivity index (χ4v) is 5.90. The zero-order valence-electron chi connectivity index (χ0n) is 31.4. The smallest absolute Gasteiger partial charge is 1.00 e. The molecule has 0 aliphatic carbocycles. The third-order valence-corrected chi connectivity index (χ3v) is 8.78. The van der Waals surface area contributed by atoms with Crippen molar-refractivity contribution in [2.24, 2.45) is 0 Å². The van der Waals surface area contributed by atoms with Gasteiger partial charge in [0.25, 0.3) is 0 Å². The van der Waals surface area contributed by atoms with Gasteiger partial charge in [0.1, 0.15) is 0 Å². The standard InChI is InChI=1S/C22H25.C21H23.C2H6Si.2ClH.Zr/c1-15(2)18-13-17-7-6-8-20(21(17)14-18)16-9-11-19(12-10-16)22(3,4)5;1-5-15-13-17-7-6-8-19(20(17)14-15)16-9-11-18(12-10-16)21(2,3)4;1-3-2;;;/h6-15H,1-5H3;6-14H,5H2,1-4H3;1-2H3;2*1H;/q2*-1;;;;+2/p-2. The van der Waals surface area contributed by atoms with E-state index >= 15 is 0 Å². The normalized spacial score (nSPS) is 11.2. The van der Waals surface area contributed by atoms with Crippen LogP contribution in [0.4, 0.5) is 0 Å². The molecule has 0 amide bonds. The third-order valence-electron chi connectivity index (χ3n) is 8.78. The summed E-state index contributed by atoms with van der Waals surface area (Å²) in [5.41, 5.74) is 11.5. The molecule has 0 spiro atoms. The van der Waals surface area contributed by atoms with Gasteiger partial charge in [0.05, 0.1) is 0 Å². The molecule has 0 fully saturated rings. The fraction of sp³-hybridized carbons (Fsp3) is 0.333. The first-order valence-corrected chi connectivity index (χ1v) is 23.4. The molecule has 6 rings (SSSR count). The van der Waals surface area contributed by atoms with Gasteiger partial charge in [-0.1, -0.05) is 134 Å². The van der Waals surface area contributed by atoms with Gasteiger partial charge in [-0.3, -0.25) is 0 Å². The van der Waals surface area contributed by atoms with E-state index in [0.717, 1.165) is 6.42 Å². The number of hydrogen-bond donors (Lipinski definition) is 0. The molecule has 0 nitrogen and oxygen atoms in total. The summed E-state index contributed by atoms with van der Waals surface area (Å²) in [5, 5.41) is 5.44. The van der Waals surface area contributed by atoms with Crippen molar-refractivity contribution >= 4 is 27.0 Å². The van der Waals surface area contributed by atoms with E-state index in [1.807, 2.05) is 0 Å². The van der Waals surface area contributed by atoms with E-state index in [4.69, 9.17) is 0 Å². The summed E-state index contributed by atoms with van der Waals surface area (Å²) in [6.07, 6.45) is 1.09. The molecule has 6 aromatic rings. The van der Waals surface area contributed by atoms with Gasteiger partial charge in [-0.25, -0.2) is 0 Å². The summed E-state index contributed by atoms with van der Waals surface area (Å²) in [5.74, 6) is 0.573. The van der Waals surface area contributed by atoms with Crippen LogP contribution in [0.15, 0.2) is 109 Å². The van der Waals surface area contributed by atoms with Crippen molar-refractivity contribution in [3.8, 4) is 22.3 Å². The van der Waals surface area contributed by atoms with Crippen LogP contribution in [0.25, 0.3) is 43.8 Å². The average Bonchev–Trinajstić information content (AvgIpc) is 3.65. The fourth-order valence-electron chi connectivity index (χ4n) is 5.90. The Hall–Kier alpha value is -2.22. The van der Waals surface area contributed by atoms with Gasteiger partial charge in [-0.2, -0.15) is 12.1 Å². The Balaban J connectivity index is 0.000000296. The van der Waals surface area contributed by atoms with Crippen LogP contribution in [0.3, 0.4) is 0 Å². The van der Waals surface area contributed by atoms with Crippen molar-refractivity contribution in [1.29, 1.82) is 0 Å². The van der Waals surface area contributed by atoms with Crippen molar-refractivity contribution in [1.82, 2.24) is 0 Å². The summed E-state index contributed by atoms with van der Waals surface area (Å²) in [6.45, 7) is 24.9. The second-order valence-electron chi connectivity index (χ2n) is 15.4. The molecule has 0 heterocycles. The molecule has 0 aromatic heterocycles. The SMILES string of the molecule is CC(C)c1cc2c(-c3ccc(C(C)(C)C)cc3)cccc2[cH-]1.CCc1cc2c(-c3ccc(C(C)(C)C)cc3)cccc2[cH-]1.C[Si](C)=[Zr+2].[Cl-].[Cl-]. The predicted molar refractivity (Wildman–Crippen MR) is 208 cm³/mol. The number of rotatable bonds is 4. The molecule has 258 valence electrons. The molecule has 0 aliphatic heterocycles. The number of fused-ring (bicyclic) bond motifs is 2. The molecule has 0 radical (unpaired) electrons. The van der Waals surface area contributed by atoms with Crippen LogP contribution in [-0.2, 0) is 40.6 Å². The molecule has 0 N–H and O–H groups in total. The van der Waals surface area contributed by atoms with Crippen LogP contribution in [0.1, 0.15) is 90.5 Å². The molecule has 0 aliphatic rings. The van der Waals surface area contributed by atoms with E-state index in [-0.39, 0.29) is 41.1 Å². The largest absolute Gasteiger partial charge is 1.00 e. The van der Waals surface area contributed by atoms with Crippen LogP contribution >= 0.6 is 0 Å². The van der Waals surface area contributed by atoms with Gasteiger partial charge in [0.15, 0.2) is 0 Å². The second kappa shape index (κ2) is 18.3. The molecule has 6 aromatic carbocycles. The molecule has 49 heavy (non-hydrogen) atoms. The number of aryl methyl sites for hydroxylation is 1. The summed E-state index contributed by atoms with van der Waals surface area (Å²) in [7, 11) is 0. The minimum atomic E-state index is 0. The average molecular weight is 785 g/mol. The van der Waals surface area contributed by atoms with E-state index in [9.17, 15) is 0 Å². The molecular weight excluding hydrogens is 731 g/mol. The van der Waals surface area contributed by atoms with E-state index in [1.54, 1.807) is 23.3 Å². The van der Waals surface area contributed by atoms with Crippen LogP contribution in [0.2, 0.25) is 13.1 Å². The third kappa shape index (κ3) is 11.4. The maximum Gasteiger partial charge on any atom is -1.00 e. The Morgan fingerprint density at radius 2 is 1.00 bits per heavy atom. The Kier molecular flexibility index (Phi) is 16.1. The minimum absolute atomic E-state index is 0. The number of halogens is 2. The van der Waals surface area contributed by atoms with Gasteiger partial charge in [0.2, 0.25) is 0 Å². The quantitative estimate of drug-likeness (QED) is 0.128. The van der Waals surface area contributed by atoms with Crippen molar-refractivity contribution in [2.75, 3.05) is 0 Å². The van der Waals surface area contributed by atoms with Crippen molar-refractivity contribution in [3.63, 3.8) is 0 Å². The second-order valence-corrected chi connectivity index (χ2v) is 24.8. The van der Waals surface area contributed by atoms with Crippen LogP contribution in [0, 0.1) is 0 Å².